The van der Waals surface area contributed by atoms with Crippen molar-refractivity contribution >= 4 is 28.9 Å². The molecule has 0 radical (unpaired) electrons. The van der Waals surface area contributed by atoms with E-state index in [1.807, 2.05) is 0 Å². The lowest BCUT2D eigenvalue weighted by molar-refractivity contribution is -0.113. The molecular weight excluding hydrogens is 344 g/mol. The highest BCUT2D eigenvalue weighted by molar-refractivity contribution is 8.18. The fourth-order valence-electron chi connectivity index (χ4n) is 2.62. The van der Waals surface area contributed by atoms with Crippen LogP contribution in [0.25, 0.3) is 6.08 Å². The molecule has 1 saturated heterocycles. The first-order chi connectivity index (χ1) is 12.2. The molecule has 8 heteroatoms. The number of amidine groups is 1. The van der Waals surface area contributed by atoms with Crippen LogP contribution in [0, 0.1) is 0 Å². The summed E-state index contributed by atoms with van der Waals surface area (Å²) in [6.07, 6.45) is 1.79. The van der Waals surface area contributed by atoms with Gasteiger partial charge in [-0.2, -0.15) is 4.99 Å². The van der Waals surface area contributed by atoms with Crippen molar-refractivity contribution in [3.8, 4) is 17.2 Å². The zero-order chi connectivity index (χ0) is 17.8. The first-order valence-electron chi connectivity index (χ1n) is 7.81. The van der Waals surface area contributed by atoms with Crippen molar-refractivity contribution in [1.82, 2.24) is 4.90 Å². The average molecular weight is 364 g/mol. The summed E-state index contributed by atoms with van der Waals surface area (Å²) in [7, 11) is 4.67. The molecule has 1 aromatic carbocycles. The molecule has 134 valence electrons. The number of benzene rings is 1. The number of amides is 1. The van der Waals surface area contributed by atoms with Crippen molar-refractivity contribution in [1.29, 1.82) is 0 Å². The predicted octanol–water partition coefficient (Wildman–Crippen LogP) is 2.01. The number of ether oxygens (including phenoxy) is 4. The Balaban J connectivity index is 1.85. The third kappa shape index (κ3) is 3.74. The van der Waals surface area contributed by atoms with Gasteiger partial charge in [-0.05, 0) is 35.5 Å². The number of carbonyl (C=O) groups excluding carboxylic acids is 1. The van der Waals surface area contributed by atoms with E-state index in [1.165, 1.54) is 11.8 Å². The van der Waals surface area contributed by atoms with Gasteiger partial charge in [-0.25, -0.2) is 0 Å². The SMILES string of the molecule is COc1cc(/C=C2/SC(N3CCOCC3)=NC2=O)cc(OC)c1OC. The molecule has 3 rings (SSSR count). The van der Waals surface area contributed by atoms with Crippen molar-refractivity contribution in [2.24, 2.45) is 4.99 Å². The quantitative estimate of drug-likeness (QED) is 0.757. The Morgan fingerprint density at radius 3 is 2.32 bits per heavy atom. The summed E-state index contributed by atoms with van der Waals surface area (Å²) in [6, 6.07) is 3.60. The molecule has 25 heavy (non-hydrogen) atoms. The van der Waals surface area contributed by atoms with Crippen LogP contribution in [0.1, 0.15) is 5.56 Å². The van der Waals surface area contributed by atoms with Crippen LogP contribution in [0.3, 0.4) is 0 Å². The van der Waals surface area contributed by atoms with E-state index in [9.17, 15) is 4.79 Å². The van der Waals surface area contributed by atoms with Crippen molar-refractivity contribution < 1.29 is 23.7 Å². The maximum atomic E-state index is 12.2. The van der Waals surface area contributed by atoms with Gasteiger partial charge in [0.2, 0.25) is 5.75 Å². The summed E-state index contributed by atoms with van der Waals surface area (Å²) in [5.41, 5.74) is 0.781. The number of thioether (sulfide) groups is 1. The van der Waals surface area contributed by atoms with E-state index in [0.717, 1.165) is 23.8 Å². The Bertz CT molecular complexity index is 701. The largest absolute Gasteiger partial charge is 0.493 e. The molecule has 0 N–H and O–H groups in total. The molecule has 1 fully saturated rings. The minimum Gasteiger partial charge on any atom is -0.493 e. The fourth-order valence-corrected chi connectivity index (χ4v) is 3.59. The number of carbonyl (C=O) groups is 1. The molecule has 0 spiro atoms. The number of hydrogen-bond acceptors (Lipinski definition) is 7. The summed E-state index contributed by atoms with van der Waals surface area (Å²) < 4.78 is 21.4. The van der Waals surface area contributed by atoms with Gasteiger partial charge in [0.1, 0.15) is 0 Å². The van der Waals surface area contributed by atoms with Gasteiger partial charge in [-0.3, -0.25) is 4.79 Å². The number of morpholine rings is 1. The van der Waals surface area contributed by atoms with E-state index in [4.69, 9.17) is 18.9 Å². The van der Waals surface area contributed by atoms with E-state index in [-0.39, 0.29) is 5.91 Å². The van der Waals surface area contributed by atoms with Crippen LogP contribution >= 0.6 is 11.8 Å². The second kappa shape index (κ2) is 7.79. The molecule has 0 aromatic heterocycles. The number of aliphatic imine (C=N–C) groups is 1. The van der Waals surface area contributed by atoms with Crippen molar-refractivity contribution in [3.63, 3.8) is 0 Å². The summed E-state index contributed by atoms with van der Waals surface area (Å²) in [6.45, 7) is 2.80. The van der Waals surface area contributed by atoms with Crippen LogP contribution in [0.5, 0.6) is 17.2 Å². The van der Waals surface area contributed by atoms with E-state index < -0.39 is 0 Å². The lowest BCUT2D eigenvalue weighted by Crippen LogP contribution is -2.38. The molecule has 1 aromatic rings. The molecule has 0 saturated carbocycles. The zero-order valence-electron chi connectivity index (χ0n) is 14.4. The molecule has 0 aliphatic carbocycles. The lowest BCUT2D eigenvalue weighted by Gasteiger charge is -2.27. The number of nitrogens with zero attached hydrogens (tertiary/aromatic N) is 2. The van der Waals surface area contributed by atoms with Crippen molar-refractivity contribution in [3.05, 3.63) is 22.6 Å². The molecule has 0 bridgehead atoms. The van der Waals surface area contributed by atoms with E-state index in [2.05, 4.69) is 9.89 Å². The first-order valence-corrected chi connectivity index (χ1v) is 8.63. The Labute approximate surface area is 150 Å². The number of rotatable bonds is 4. The fraction of sp³-hybridized carbons (Fsp3) is 0.412. The summed E-state index contributed by atoms with van der Waals surface area (Å²) in [5.74, 6) is 1.36. The van der Waals surface area contributed by atoms with Crippen LogP contribution < -0.4 is 14.2 Å². The van der Waals surface area contributed by atoms with Crippen LogP contribution in [0.4, 0.5) is 0 Å². The Morgan fingerprint density at radius 1 is 1.12 bits per heavy atom. The highest BCUT2D eigenvalue weighted by Gasteiger charge is 2.27. The molecule has 0 unspecified atom stereocenters. The van der Waals surface area contributed by atoms with Crippen molar-refractivity contribution in [2.75, 3.05) is 47.6 Å². The molecule has 2 aliphatic heterocycles. The van der Waals surface area contributed by atoms with Gasteiger partial charge in [0.15, 0.2) is 16.7 Å². The van der Waals surface area contributed by atoms with Gasteiger partial charge in [-0.15, -0.1) is 0 Å². The zero-order valence-corrected chi connectivity index (χ0v) is 15.2. The van der Waals surface area contributed by atoms with Gasteiger partial charge < -0.3 is 23.8 Å². The normalized spacial score (nSPS) is 19.2. The van der Waals surface area contributed by atoms with Crippen LogP contribution in [-0.4, -0.2) is 63.6 Å². The molecule has 2 heterocycles. The summed E-state index contributed by atoms with van der Waals surface area (Å²) in [5, 5.41) is 0.729. The first kappa shape index (κ1) is 17.6. The summed E-state index contributed by atoms with van der Waals surface area (Å²) in [4.78, 5) is 19.0. The van der Waals surface area contributed by atoms with Gasteiger partial charge >= 0.3 is 0 Å². The topological polar surface area (TPSA) is 69.6 Å². The lowest BCUT2D eigenvalue weighted by atomic mass is 10.1. The third-order valence-electron chi connectivity index (χ3n) is 3.88. The highest BCUT2D eigenvalue weighted by atomic mass is 32.2. The molecule has 1 amide bonds. The average Bonchev–Trinajstić information content (AvgIpc) is 3.02. The van der Waals surface area contributed by atoms with Crippen molar-refractivity contribution in [2.45, 2.75) is 0 Å². The number of hydrogen-bond donors (Lipinski definition) is 0. The second-order valence-electron chi connectivity index (χ2n) is 5.37. The van der Waals surface area contributed by atoms with Crippen LogP contribution in [-0.2, 0) is 9.53 Å². The molecule has 2 aliphatic rings. The van der Waals surface area contributed by atoms with Gasteiger partial charge in [-0.1, -0.05) is 0 Å². The summed E-state index contributed by atoms with van der Waals surface area (Å²) >= 11 is 1.38. The number of methoxy groups -OCH3 is 3. The monoisotopic (exact) mass is 364 g/mol. The minimum absolute atomic E-state index is 0.236. The predicted molar refractivity (Wildman–Crippen MR) is 96.5 cm³/mol. The standard InChI is InChI=1S/C17H20N2O5S/c1-21-12-8-11(9-13(22-2)15(12)23-3)10-14-16(20)18-17(25-14)19-4-6-24-7-5-19/h8-10H,4-7H2,1-3H3/b14-10+. The molecule has 7 nitrogen and oxygen atoms in total. The van der Waals surface area contributed by atoms with Crippen LogP contribution in [0.2, 0.25) is 0 Å². The van der Waals surface area contributed by atoms with Gasteiger partial charge in [0, 0.05) is 13.1 Å². The second-order valence-corrected chi connectivity index (χ2v) is 6.38. The van der Waals surface area contributed by atoms with Gasteiger partial charge in [0.05, 0.1) is 39.4 Å². The Hall–Kier alpha value is -2.19. The maximum Gasteiger partial charge on any atom is 0.286 e. The Morgan fingerprint density at radius 2 is 1.76 bits per heavy atom. The highest BCUT2D eigenvalue weighted by Crippen LogP contribution is 2.40. The smallest absolute Gasteiger partial charge is 0.286 e. The third-order valence-corrected chi connectivity index (χ3v) is 4.92. The van der Waals surface area contributed by atoms with Gasteiger partial charge in [0.25, 0.3) is 5.91 Å². The maximum absolute atomic E-state index is 12.2. The van der Waals surface area contributed by atoms with E-state index >= 15 is 0 Å². The Kier molecular flexibility index (Phi) is 5.50. The van der Waals surface area contributed by atoms with E-state index in [1.54, 1.807) is 39.5 Å². The molecule has 0 atom stereocenters. The minimum atomic E-state index is -0.236. The van der Waals surface area contributed by atoms with Crippen LogP contribution in [0.15, 0.2) is 22.0 Å². The van der Waals surface area contributed by atoms with E-state index in [0.29, 0.717) is 35.4 Å². The molecular formula is C17H20N2O5S.